The molecule has 0 bridgehead atoms. The molecule has 1 N–H and O–H groups in total. The quantitative estimate of drug-likeness (QED) is 0.473. The number of alkyl halides is 2. The minimum absolute atomic E-state index is 0.157. The number of nitrogens with one attached hydrogen (secondary N) is 1. The Balaban J connectivity index is 1.50. The van der Waals surface area contributed by atoms with Crippen LogP contribution in [0.15, 0.2) is 58.2 Å². The number of halogens is 2. The Morgan fingerprint density at radius 1 is 1.08 bits per heavy atom. The molecule has 0 aliphatic carbocycles. The molecule has 0 spiro atoms. The molecule has 1 saturated heterocycles. The van der Waals surface area contributed by atoms with Crippen molar-refractivity contribution in [1.82, 2.24) is 9.29 Å². The van der Waals surface area contributed by atoms with E-state index in [1.807, 2.05) is 0 Å². The number of hydrogen-bond donors (Lipinski definition) is 1. The summed E-state index contributed by atoms with van der Waals surface area (Å²) in [4.78, 5) is 26.4. The zero-order chi connectivity index (χ0) is 26.1. The van der Waals surface area contributed by atoms with Crippen molar-refractivity contribution < 1.29 is 26.7 Å². The first kappa shape index (κ1) is 26.0. The van der Waals surface area contributed by atoms with Crippen molar-refractivity contribution in [3.63, 3.8) is 0 Å². The average molecular weight is 519 g/mol. The maximum atomic E-state index is 14.1. The van der Waals surface area contributed by atoms with E-state index in [0.29, 0.717) is 31.4 Å². The molecule has 1 aromatic heterocycles. The summed E-state index contributed by atoms with van der Waals surface area (Å²) in [5.41, 5.74) is 0.959. The Morgan fingerprint density at radius 2 is 1.72 bits per heavy atom. The zero-order valence-electron chi connectivity index (χ0n) is 20.1. The Kier molecular flexibility index (Phi) is 7.28. The van der Waals surface area contributed by atoms with Crippen molar-refractivity contribution in [3.8, 4) is 0 Å². The molecule has 7 nitrogen and oxygen atoms in total. The number of piperidine rings is 1. The molecule has 1 fully saturated rings. The number of sulfonamides is 1. The van der Waals surface area contributed by atoms with Crippen LogP contribution in [0.4, 0.5) is 8.78 Å². The van der Waals surface area contributed by atoms with Gasteiger partial charge in [-0.15, -0.1) is 0 Å². The van der Waals surface area contributed by atoms with Crippen molar-refractivity contribution in [1.29, 1.82) is 0 Å². The fourth-order valence-electron chi connectivity index (χ4n) is 4.53. The van der Waals surface area contributed by atoms with E-state index in [-0.39, 0.29) is 40.8 Å². The van der Waals surface area contributed by atoms with Crippen LogP contribution in [0.5, 0.6) is 0 Å². The largest absolute Gasteiger partial charge is 0.466 e. The molecular weight excluding hydrogens is 490 g/mol. The first-order valence-corrected chi connectivity index (χ1v) is 13.2. The summed E-state index contributed by atoms with van der Waals surface area (Å²) in [5.74, 6) is -3.74. The van der Waals surface area contributed by atoms with Crippen molar-refractivity contribution in [2.24, 2.45) is 5.92 Å². The van der Waals surface area contributed by atoms with Crippen LogP contribution in [-0.4, -0.2) is 43.4 Å². The molecule has 1 aliphatic rings. The summed E-state index contributed by atoms with van der Waals surface area (Å²) < 4.78 is 60.8. The lowest BCUT2D eigenvalue weighted by atomic mass is 9.98. The van der Waals surface area contributed by atoms with Gasteiger partial charge in [-0.2, -0.15) is 4.31 Å². The Bertz CT molecular complexity index is 1420. The van der Waals surface area contributed by atoms with E-state index in [9.17, 15) is 26.8 Å². The fraction of sp³-hybridized carbons (Fsp3) is 0.385. The van der Waals surface area contributed by atoms with Gasteiger partial charge in [-0.25, -0.2) is 17.2 Å². The van der Waals surface area contributed by atoms with Gasteiger partial charge < -0.3 is 9.72 Å². The van der Waals surface area contributed by atoms with E-state index in [2.05, 4.69) is 4.98 Å². The van der Waals surface area contributed by atoms with Gasteiger partial charge in [-0.3, -0.25) is 9.59 Å². The summed E-state index contributed by atoms with van der Waals surface area (Å²) in [6.45, 7) is 3.29. The summed E-state index contributed by atoms with van der Waals surface area (Å²) in [7, 11) is -3.70. The predicted molar refractivity (Wildman–Crippen MR) is 132 cm³/mol. The molecule has 4 rings (SSSR count). The number of pyridine rings is 1. The molecular formula is C26H28F2N2O5S. The fourth-order valence-corrected chi connectivity index (χ4v) is 6.00. The second-order valence-electron chi connectivity index (χ2n) is 9.07. The third-order valence-corrected chi connectivity index (χ3v) is 8.34. The van der Waals surface area contributed by atoms with E-state index in [0.717, 1.165) is 24.1 Å². The molecule has 3 aromatic rings. The molecule has 2 aromatic carbocycles. The third kappa shape index (κ3) is 5.49. The lowest BCUT2D eigenvalue weighted by Crippen LogP contribution is -2.40. The summed E-state index contributed by atoms with van der Waals surface area (Å²) >= 11 is 0. The highest BCUT2D eigenvalue weighted by Crippen LogP contribution is 2.32. The molecule has 192 valence electrons. The molecule has 0 saturated carbocycles. The molecule has 0 amide bonds. The topological polar surface area (TPSA) is 96.5 Å². The van der Waals surface area contributed by atoms with Crippen LogP contribution in [0.25, 0.3) is 10.9 Å². The zero-order valence-corrected chi connectivity index (χ0v) is 20.9. The van der Waals surface area contributed by atoms with Gasteiger partial charge in [-0.1, -0.05) is 18.2 Å². The average Bonchev–Trinajstić information content (AvgIpc) is 2.84. The maximum Gasteiger partial charge on any atom is 0.309 e. The number of aromatic nitrogens is 1. The molecule has 36 heavy (non-hydrogen) atoms. The second kappa shape index (κ2) is 10.1. The molecule has 0 radical (unpaired) electrons. The van der Waals surface area contributed by atoms with Gasteiger partial charge >= 0.3 is 5.97 Å². The highest BCUT2D eigenvalue weighted by atomic mass is 32.2. The molecule has 2 heterocycles. The minimum Gasteiger partial charge on any atom is -0.466 e. The van der Waals surface area contributed by atoms with Gasteiger partial charge in [0, 0.05) is 42.5 Å². The van der Waals surface area contributed by atoms with Gasteiger partial charge in [0.05, 0.1) is 17.4 Å². The van der Waals surface area contributed by atoms with Crippen LogP contribution in [0.3, 0.4) is 0 Å². The number of rotatable bonds is 7. The van der Waals surface area contributed by atoms with Crippen molar-refractivity contribution in [2.75, 3.05) is 19.7 Å². The maximum absolute atomic E-state index is 14.1. The number of nitrogens with zero attached hydrogens (tertiary/aromatic N) is 1. The lowest BCUT2D eigenvalue weighted by molar-refractivity contribution is -0.149. The van der Waals surface area contributed by atoms with E-state index in [1.54, 1.807) is 37.3 Å². The Labute approximate surface area is 208 Å². The number of esters is 1. The van der Waals surface area contributed by atoms with Gasteiger partial charge in [0.25, 0.3) is 5.92 Å². The molecule has 1 aliphatic heterocycles. The number of ether oxygens (including phenoxy) is 1. The summed E-state index contributed by atoms with van der Waals surface area (Å²) in [6, 6.07) is 12.3. The normalized spacial score (nSPS) is 15.8. The highest BCUT2D eigenvalue weighted by Gasteiger charge is 2.32. The van der Waals surface area contributed by atoms with Gasteiger partial charge in [0.15, 0.2) is 0 Å². The molecule has 10 heteroatoms. The van der Waals surface area contributed by atoms with Crippen LogP contribution in [0.1, 0.15) is 43.4 Å². The predicted octanol–water partition coefficient (Wildman–Crippen LogP) is 4.19. The molecule has 0 unspecified atom stereocenters. The van der Waals surface area contributed by atoms with Crippen LogP contribution in [0.2, 0.25) is 0 Å². The van der Waals surface area contributed by atoms with E-state index < -0.39 is 21.5 Å². The summed E-state index contributed by atoms with van der Waals surface area (Å²) in [6.07, 6.45) is 1.24. The number of fused-ring (bicyclic) bond motifs is 1. The van der Waals surface area contributed by atoms with E-state index in [1.165, 1.54) is 16.4 Å². The van der Waals surface area contributed by atoms with E-state index >= 15 is 0 Å². The standard InChI is InChI=1S/C26H28F2N2O5S/c1-3-35-25(32)19-10-12-30(13-11-19)36(33,34)20-7-4-17(5-8-20)14-18-6-9-23-21(15-18)22(26(2,27)28)16-24(31)29-23/h4-9,15-16,19H,3,10-14H2,1-2H3,(H,29,31). The highest BCUT2D eigenvalue weighted by molar-refractivity contribution is 7.89. The van der Waals surface area contributed by atoms with Crippen LogP contribution in [0, 0.1) is 5.92 Å². The number of aromatic amines is 1. The third-order valence-electron chi connectivity index (χ3n) is 6.42. The number of carbonyl (C=O) groups is 1. The van der Waals surface area contributed by atoms with Gasteiger partial charge in [-0.05, 0) is 61.6 Å². The van der Waals surface area contributed by atoms with E-state index in [4.69, 9.17) is 4.74 Å². The number of hydrogen-bond acceptors (Lipinski definition) is 5. The first-order chi connectivity index (χ1) is 17.0. The van der Waals surface area contributed by atoms with Crippen molar-refractivity contribution in [2.45, 2.75) is 43.9 Å². The number of carbonyl (C=O) groups excluding carboxylic acids is 1. The van der Waals surface area contributed by atoms with Gasteiger partial charge in [0.2, 0.25) is 15.6 Å². The second-order valence-corrected chi connectivity index (χ2v) is 11.0. The van der Waals surface area contributed by atoms with Crippen LogP contribution in [-0.2, 0) is 31.9 Å². The van der Waals surface area contributed by atoms with Crippen LogP contribution < -0.4 is 5.56 Å². The Morgan fingerprint density at radius 3 is 2.33 bits per heavy atom. The smallest absolute Gasteiger partial charge is 0.309 e. The first-order valence-electron chi connectivity index (χ1n) is 11.8. The van der Waals surface area contributed by atoms with Gasteiger partial charge in [0.1, 0.15) is 0 Å². The van der Waals surface area contributed by atoms with Crippen molar-refractivity contribution in [3.05, 3.63) is 75.6 Å². The van der Waals surface area contributed by atoms with Crippen molar-refractivity contribution >= 4 is 26.9 Å². The Hall–Kier alpha value is -3.11. The lowest BCUT2D eigenvalue weighted by Gasteiger charge is -2.30. The number of benzene rings is 2. The van der Waals surface area contributed by atoms with Crippen LogP contribution >= 0.6 is 0 Å². The summed E-state index contributed by atoms with van der Waals surface area (Å²) in [5, 5.41) is 0.269. The molecule has 0 atom stereocenters. The SMILES string of the molecule is CCOC(=O)C1CCN(S(=O)(=O)c2ccc(Cc3ccc4[nH]c(=O)cc(C(C)(F)F)c4c3)cc2)CC1. The number of H-pyrrole nitrogens is 1. The monoisotopic (exact) mass is 518 g/mol. The minimum atomic E-state index is -3.70.